The number of aromatic nitrogens is 1. The van der Waals surface area contributed by atoms with Crippen LogP contribution in [0.25, 0.3) is 17.0 Å². The van der Waals surface area contributed by atoms with Gasteiger partial charge in [0.05, 0.1) is 17.1 Å². The van der Waals surface area contributed by atoms with Crippen LogP contribution in [0.15, 0.2) is 77.9 Å². The maximum absolute atomic E-state index is 12.6. The average Bonchev–Trinajstić information content (AvgIpc) is 2.87. The SMILES string of the molecule is CC(C)C(=O)OCSC(=NC(NC(=O)/C=C/c1ccccc1)C(Cl)(Cl)Cl)Nc1cccc2cccnc12. The maximum atomic E-state index is 12.6. The number of carbonyl (C=O) groups is 2. The van der Waals surface area contributed by atoms with Gasteiger partial charge in [-0.15, -0.1) is 0 Å². The van der Waals surface area contributed by atoms with E-state index in [-0.39, 0.29) is 23.0 Å². The second kappa shape index (κ2) is 13.7. The molecule has 0 saturated carbocycles. The van der Waals surface area contributed by atoms with Gasteiger partial charge in [0, 0.05) is 17.7 Å². The number of alkyl halides is 3. The predicted octanol–water partition coefficient (Wildman–Crippen LogP) is 6.42. The Labute approximate surface area is 234 Å². The highest BCUT2D eigenvalue weighted by Gasteiger charge is 2.34. The van der Waals surface area contributed by atoms with Gasteiger partial charge in [0.2, 0.25) is 9.70 Å². The molecule has 1 heterocycles. The van der Waals surface area contributed by atoms with Gasteiger partial charge in [-0.25, -0.2) is 4.99 Å². The van der Waals surface area contributed by atoms with Crippen molar-refractivity contribution in [1.82, 2.24) is 10.3 Å². The Bertz CT molecular complexity index is 1280. The summed E-state index contributed by atoms with van der Waals surface area (Å²) in [7, 11) is 0. The van der Waals surface area contributed by atoms with Crippen LogP contribution < -0.4 is 10.6 Å². The second-order valence-electron chi connectivity index (χ2n) is 8.02. The second-order valence-corrected chi connectivity index (χ2v) is 11.3. The van der Waals surface area contributed by atoms with E-state index in [1.807, 2.05) is 60.7 Å². The number of fused-ring (bicyclic) bond motifs is 1. The number of hydrogen-bond acceptors (Lipinski definition) is 6. The maximum Gasteiger partial charge on any atom is 0.309 e. The molecule has 7 nitrogen and oxygen atoms in total. The molecule has 0 aliphatic carbocycles. The van der Waals surface area contributed by atoms with Crippen molar-refractivity contribution in [2.24, 2.45) is 10.9 Å². The van der Waals surface area contributed by atoms with E-state index in [0.29, 0.717) is 11.2 Å². The molecule has 1 aromatic heterocycles. The van der Waals surface area contributed by atoms with Gasteiger partial charge in [0.15, 0.2) is 11.3 Å². The van der Waals surface area contributed by atoms with Crippen molar-refractivity contribution in [2.75, 3.05) is 11.3 Å². The van der Waals surface area contributed by atoms with Gasteiger partial charge in [-0.2, -0.15) is 0 Å². The normalized spacial score (nSPS) is 13.1. The zero-order valence-corrected chi connectivity index (χ0v) is 23.1. The van der Waals surface area contributed by atoms with E-state index in [4.69, 9.17) is 39.5 Å². The summed E-state index contributed by atoms with van der Waals surface area (Å²) in [5.41, 5.74) is 2.16. The third-order valence-corrected chi connectivity index (χ3v) is 6.14. The number of thioether (sulfide) groups is 1. The monoisotopic (exact) mass is 578 g/mol. The van der Waals surface area contributed by atoms with Crippen molar-refractivity contribution in [2.45, 2.75) is 23.8 Å². The molecular formula is C26H25Cl3N4O3S. The van der Waals surface area contributed by atoms with Crippen molar-refractivity contribution >= 4 is 86.3 Å². The Morgan fingerprint density at radius 3 is 2.51 bits per heavy atom. The third kappa shape index (κ3) is 9.23. The molecule has 2 N–H and O–H groups in total. The number of esters is 1. The molecule has 194 valence electrons. The number of nitrogens with one attached hydrogen (secondary N) is 2. The first-order valence-corrected chi connectivity index (χ1v) is 13.3. The molecule has 0 radical (unpaired) electrons. The molecule has 0 bridgehead atoms. The summed E-state index contributed by atoms with van der Waals surface area (Å²) in [4.78, 5) is 33.5. The van der Waals surface area contributed by atoms with Gasteiger partial charge in [-0.1, -0.05) is 97.2 Å². The fourth-order valence-corrected chi connectivity index (χ4v) is 3.92. The number of para-hydroxylation sites is 1. The van der Waals surface area contributed by atoms with E-state index in [1.54, 1.807) is 26.1 Å². The van der Waals surface area contributed by atoms with E-state index >= 15 is 0 Å². The van der Waals surface area contributed by atoms with Crippen molar-refractivity contribution < 1.29 is 14.3 Å². The number of pyridine rings is 1. The van der Waals surface area contributed by atoms with Gasteiger partial charge in [-0.05, 0) is 35.5 Å². The molecule has 1 unspecified atom stereocenters. The van der Waals surface area contributed by atoms with Crippen LogP contribution in [0.5, 0.6) is 0 Å². The first-order chi connectivity index (χ1) is 17.6. The minimum Gasteiger partial charge on any atom is -0.454 e. The van der Waals surface area contributed by atoms with Gasteiger partial charge < -0.3 is 15.4 Å². The number of amidine groups is 1. The molecule has 0 aliphatic heterocycles. The molecule has 0 saturated heterocycles. The summed E-state index contributed by atoms with van der Waals surface area (Å²) >= 11 is 19.6. The topological polar surface area (TPSA) is 92.7 Å². The lowest BCUT2D eigenvalue weighted by atomic mass is 10.2. The number of benzene rings is 2. The van der Waals surface area contributed by atoms with Crippen molar-refractivity contribution in [3.63, 3.8) is 0 Å². The molecule has 3 aromatic rings. The van der Waals surface area contributed by atoms with Crippen LogP contribution in [-0.4, -0.2) is 37.9 Å². The highest BCUT2D eigenvalue weighted by Crippen LogP contribution is 2.32. The number of carbonyl (C=O) groups excluding carboxylic acids is 2. The molecule has 3 rings (SSSR count). The van der Waals surface area contributed by atoms with Gasteiger partial charge in [0.25, 0.3) is 0 Å². The number of nitrogens with zero attached hydrogens (tertiary/aromatic N) is 2. The first kappa shape index (κ1) is 28.8. The fraction of sp³-hybridized carbons (Fsp3) is 0.231. The number of amides is 1. The van der Waals surface area contributed by atoms with Gasteiger partial charge in [0.1, 0.15) is 5.94 Å². The molecule has 2 aromatic carbocycles. The van der Waals surface area contributed by atoms with E-state index in [1.165, 1.54) is 6.08 Å². The summed E-state index contributed by atoms with van der Waals surface area (Å²) in [6.07, 6.45) is 3.37. The lowest BCUT2D eigenvalue weighted by Gasteiger charge is -2.23. The van der Waals surface area contributed by atoms with Crippen LogP contribution in [0.1, 0.15) is 19.4 Å². The summed E-state index contributed by atoms with van der Waals surface area (Å²) in [5, 5.41) is 6.94. The molecule has 0 aliphatic rings. The zero-order chi connectivity index (χ0) is 26.8. The lowest BCUT2D eigenvalue weighted by molar-refractivity contribution is -0.144. The number of aliphatic imine (C=N–C) groups is 1. The third-order valence-electron chi connectivity index (χ3n) is 4.80. The highest BCUT2D eigenvalue weighted by molar-refractivity contribution is 8.14. The highest BCUT2D eigenvalue weighted by atomic mass is 35.6. The Morgan fingerprint density at radius 2 is 1.81 bits per heavy atom. The summed E-state index contributed by atoms with van der Waals surface area (Å²) in [6, 6.07) is 18.6. The molecule has 0 spiro atoms. The van der Waals surface area contributed by atoms with Crippen LogP contribution in [0, 0.1) is 5.92 Å². The molecule has 0 fully saturated rings. The van der Waals surface area contributed by atoms with E-state index in [0.717, 1.165) is 22.7 Å². The number of anilines is 1. The largest absolute Gasteiger partial charge is 0.454 e. The molecule has 37 heavy (non-hydrogen) atoms. The van der Waals surface area contributed by atoms with Crippen molar-refractivity contribution in [1.29, 1.82) is 0 Å². The Morgan fingerprint density at radius 1 is 1.08 bits per heavy atom. The van der Waals surface area contributed by atoms with E-state index in [2.05, 4.69) is 20.6 Å². The fourth-order valence-electron chi connectivity index (χ4n) is 2.96. The van der Waals surface area contributed by atoms with Gasteiger partial charge in [-0.3, -0.25) is 14.6 Å². The van der Waals surface area contributed by atoms with Gasteiger partial charge >= 0.3 is 5.97 Å². The standard InChI is InChI=1S/C26H25Cl3N4O3S/c1-17(2)23(35)36-16-37-25(31-20-12-6-10-19-11-7-15-30-22(19)20)33-24(26(27,28)29)32-21(34)14-13-18-8-4-3-5-9-18/h3-15,17,24H,16H2,1-2H3,(H,31,33)(H,32,34)/b14-13+. The number of hydrogen-bond donors (Lipinski definition) is 2. The minimum absolute atomic E-state index is 0.0462. The van der Waals surface area contributed by atoms with Crippen molar-refractivity contribution in [3.8, 4) is 0 Å². The summed E-state index contributed by atoms with van der Waals surface area (Å²) in [5.74, 6) is -1.21. The Hall–Kier alpha value is -2.78. The Kier molecular flexibility index (Phi) is 10.6. The van der Waals surface area contributed by atoms with Crippen LogP contribution in [0.3, 0.4) is 0 Å². The number of halogens is 3. The molecule has 11 heteroatoms. The first-order valence-electron chi connectivity index (χ1n) is 11.2. The molecule has 1 amide bonds. The average molecular weight is 580 g/mol. The zero-order valence-electron chi connectivity index (χ0n) is 20.0. The van der Waals surface area contributed by atoms with Crippen LogP contribution in [-0.2, 0) is 14.3 Å². The Balaban J connectivity index is 1.86. The van der Waals surface area contributed by atoms with Crippen LogP contribution >= 0.6 is 46.6 Å². The van der Waals surface area contributed by atoms with Crippen LogP contribution in [0.4, 0.5) is 5.69 Å². The minimum atomic E-state index is -1.98. The summed E-state index contributed by atoms with van der Waals surface area (Å²) < 4.78 is 3.31. The number of rotatable bonds is 8. The molecule has 1 atom stereocenters. The lowest BCUT2D eigenvalue weighted by Crippen LogP contribution is -2.42. The van der Waals surface area contributed by atoms with E-state index < -0.39 is 15.9 Å². The predicted molar refractivity (Wildman–Crippen MR) is 154 cm³/mol. The number of ether oxygens (including phenoxy) is 1. The smallest absolute Gasteiger partial charge is 0.309 e. The summed E-state index contributed by atoms with van der Waals surface area (Å²) in [6.45, 7) is 3.47. The quantitative estimate of drug-likeness (QED) is 0.0799. The van der Waals surface area contributed by atoms with E-state index in [9.17, 15) is 9.59 Å². The van der Waals surface area contributed by atoms with Crippen molar-refractivity contribution in [3.05, 3.63) is 78.5 Å². The molecular weight excluding hydrogens is 555 g/mol. The van der Waals surface area contributed by atoms with Crippen LogP contribution in [0.2, 0.25) is 0 Å².